The Morgan fingerprint density at radius 1 is 1.05 bits per heavy atom. The largest absolute Gasteiger partial charge is 0.508 e. The van der Waals surface area contributed by atoms with Crippen molar-refractivity contribution < 1.29 is 28.7 Å². The number of aromatic hydroxyl groups is 1. The summed E-state index contributed by atoms with van der Waals surface area (Å²) in [6.07, 6.45) is 2.57. The molecule has 4 aliphatic rings. The molecular formula is C33H28ClFN2O5S. The van der Waals surface area contributed by atoms with Gasteiger partial charge in [0, 0.05) is 10.8 Å². The third-order valence-corrected chi connectivity index (χ3v) is 11.1. The molecule has 3 fully saturated rings. The van der Waals surface area contributed by atoms with Crippen LogP contribution < -0.4 is 4.90 Å². The van der Waals surface area contributed by atoms with Crippen LogP contribution in [0.25, 0.3) is 0 Å². The number of imide groups is 2. The van der Waals surface area contributed by atoms with Gasteiger partial charge in [-0.1, -0.05) is 41.4 Å². The van der Waals surface area contributed by atoms with Gasteiger partial charge in [-0.25, -0.2) is 9.29 Å². The van der Waals surface area contributed by atoms with Gasteiger partial charge in [0.15, 0.2) is 0 Å². The lowest BCUT2D eigenvalue weighted by Crippen LogP contribution is -2.48. The molecule has 0 spiro atoms. The Bertz CT molecular complexity index is 1760. The van der Waals surface area contributed by atoms with Crippen LogP contribution in [0.1, 0.15) is 41.7 Å². The van der Waals surface area contributed by atoms with Gasteiger partial charge in [0.2, 0.25) is 23.6 Å². The van der Waals surface area contributed by atoms with Gasteiger partial charge in [0.1, 0.15) is 11.6 Å². The second kappa shape index (κ2) is 9.86. The Morgan fingerprint density at radius 3 is 2.53 bits per heavy atom. The lowest BCUT2D eigenvalue weighted by atomic mass is 9.51. The second-order valence-corrected chi connectivity index (χ2v) is 13.6. The molecule has 0 bridgehead atoms. The number of thiophene rings is 1. The van der Waals surface area contributed by atoms with Gasteiger partial charge in [0.05, 0.1) is 40.4 Å². The minimum absolute atomic E-state index is 0.104. The molecular weight excluding hydrogens is 591 g/mol. The third kappa shape index (κ3) is 3.97. The van der Waals surface area contributed by atoms with E-state index < -0.39 is 52.6 Å². The molecule has 3 aromatic rings. The summed E-state index contributed by atoms with van der Waals surface area (Å²) in [7, 11) is 0. The number of hydrogen-bond donors (Lipinski definition) is 1. The first-order chi connectivity index (χ1) is 20.5. The monoisotopic (exact) mass is 618 g/mol. The molecule has 4 amide bonds. The molecule has 2 aliphatic carbocycles. The van der Waals surface area contributed by atoms with E-state index in [-0.39, 0.29) is 41.2 Å². The van der Waals surface area contributed by atoms with Crippen molar-refractivity contribution >= 4 is 52.3 Å². The highest BCUT2D eigenvalue weighted by atomic mass is 35.5. The standard InChI is InChI=1S/C33H28ClFN2O5S/c1-16-12-17(5-10-26(16)38)28-20-7-8-21-27(31(41)36(29(21)39)15-19-4-3-11-43-19)22(20)14-23-30(40)37(32(42)33(23,28)2)18-6-9-25(35)24(34)13-18/h3-7,9-13,21-23,27-28,38H,8,14-15H2,1-2H3. The molecule has 6 unspecified atom stereocenters. The number of rotatable bonds is 4. The minimum Gasteiger partial charge on any atom is -0.508 e. The van der Waals surface area contributed by atoms with Crippen molar-refractivity contribution in [3.63, 3.8) is 0 Å². The van der Waals surface area contributed by atoms with Crippen LogP contribution in [0, 0.1) is 41.8 Å². The number of phenolic OH excluding ortho intramolecular Hbond substituents is 1. The van der Waals surface area contributed by atoms with Crippen molar-refractivity contribution in [2.75, 3.05) is 4.90 Å². The first-order valence-electron chi connectivity index (χ1n) is 14.2. The Morgan fingerprint density at radius 2 is 1.84 bits per heavy atom. The Hall–Kier alpha value is -3.82. The van der Waals surface area contributed by atoms with Gasteiger partial charge in [-0.15, -0.1) is 11.3 Å². The maximum Gasteiger partial charge on any atom is 0.241 e. The quantitative estimate of drug-likeness (QED) is 0.287. The number of carbonyl (C=O) groups is 4. The van der Waals surface area contributed by atoms with Gasteiger partial charge in [0.25, 0.3) is 0 Å². The van der Waals surface area contributed by atoms with Crippen LogP contribution in [0.15, 0.2) is 65.6 Å². The summed E-state index contributed by atoms with van der Waals surface area (Å²) < 4.78 is 14.0. The molecule has 1 aromatic heterocycles. The molecule has 1 saturated carbocycles. The number of halogens is 2. The molecule has 7 rings (SSSR count). The molecule has 0 radical (unpaired) electrons. The fraction of sp³-hybridized carbons (Fsp3) is 0.333. The highest BCUT2D eigenvalue weighted by Gasteiger charge is 2.67. The van der Waals surface area contributed by atoms with E-state index in [2.05, 4.69) is 0 Å². The number of phenols is 1. The van der Waals surface area contributed by atoms with E-state index in [9.17, 15) is 28.7 Å². The Balaban J connectivity index is 1.35. The molecule has 6 atom stereocenters. The summed E-state index contributed by atoms with van der Waals surface area (Å²) in [6.45, 7) is 3.76. The minimum atomic E-state index is -1.24. The first kappa shape index (κ1) is 28.0. The molecule has 1 N–H and O–H groups in total. The Kier molecular flexibility index (Phi) is 6.41. The number of hydrogen-bond acceptors (Lipinski definition) is 6. The zero-order valence-electron chi connectivity index (χ0n) is 23.4. The van der Waals surface area contributed by atoms with Crippen molar-refractivity contribution in [1.82, 2.24) is 4.90 Å². The summed E-state index contributed by atoms with van der Waals surface area (Å²) in [5.74, 6) is -4.91. The maximum absolute atomic E-state index is 14.4. The van der Waals surface area contributed by atoms with Crippen molar-refractivity contribution in [3.8, 4) is 5.75 Å². The van der Waals surface area contributed by atoms with Crippen LogP contribution in [0.2, 0.25) is 5.02 Å². The second-order valence-electron chi connectivity index (χ2n) is 12.1. The summed E-state index contributed by atoms with van der Waals surface area (Å²) in [4.78, 5) is 59.5. The number of aryl methyl sites for hydroxylation is 1. The topological polar surface area (TPSA) is 95.0 Å². The summed E-state index contributed by atoms with van der Waals surface area (Å²) in [5, 5.41) is 12.0. The average molecular weight is 619 g/mol. The first-order valence-corrected chi connectivity index (χ1v) is 15.5. The van der Waals surface area contributed by atoms with Gasteiger partial charge in [-0.3, -0.25) is 24.1 Å². The van der Waals surface area contributed by atoms with Crippen LogP contribution in [0.5, 0.6) is 5.75 Å². The predicted molar refractivity (Wildman–Crippen MR) is 159 cm³/mol. The van der Waals surface area contributed by atoms with Gasteiger partial charge in [-0.05, 0) is 79.4 Å². The Labute approximate surface area is 256 Å². The lowest BCUT2D eigenvalue weighted by Gasteiger charge is -2.49. The zero-order chi connectivity index (χ0) is 30.4. The number of carbonyl (C=O) groups excluding carboxylic acids is 4. The van der Waals surface area contributed by atoms with Crippen LogP contribution in [0.4, 0.5) is 10.1 Å². The predicted octanol–water partition coefficient (Wildman–Crippen LogP) is 5.99. The lowest BCUT2D eigenvalue weighted by molar-refractivity contribution is -0.141. The molecule has 2 aromatic carbocycles. The van der Waals surface area contributed by atoms with Crippen molar-refractivity contribution in [2.24, 2.45) is 29.1 Å². The molecule has 7 nitrogen and oxygen atoms in total. The number of allylic oxidation sites excluding steroid dienone is 2. The third-order valence-electron chi connectivity index (χ3n) is 9.98. The smallest absolute Gasteiger partial charge is 0.241 e. The van der Waals surface area contributed by atoms with Crippen molar-refractivity contribution in [1.29, 1.82) is 0 Å². The number of fused-ring (bicyclic) bond motifs is 4. The highest BCUT2D eigenvalue weighted by molar-refractivity contribution is 7.09. The van der Waals surface area contributed by atoms with Crippen LogP contribution in [-0.2, 0) is 25.7 Å². The molecule has 2 aliphatic heterocycles. The van der Waals surface area contributed by atoms with Crippen LogP contribution in [0.3, 0.4) is 0 Å². The number of amides is 4. The number of nitrogens with zero attached hydrogens (tertiary/aromatic N) is 2. The number of benzene rings is 2. The van der Waals surface area contributed by atoms with E-state index in [1.807, 2.05) is 29.7 Å². The number of likely N-dealkylation sites (tertiary alicyclic amines) is 1. The van der Waals surface area contributed by atoms with Gasteiger partial charge >= 0.3 is 0 Å². The zero-order valence-corrected chi connectivity index (χ0v) is 25.0. The van der Waals surface area contributed by atoms with Crippen molar-refractivity contribution in [3.05, 3.63) is 92.4 Å². The normalized spacial score (nSPS) is 30.0. The molecule has 220 valence electrons. The summed E-state index contributed by atoms with van der Waals surface area (Å²) in [6, 6.07) is 12.7. The SMILES string of the molecule is Cc1cc(C2C3=CCC4C(=O)N(Cc5cccs5)C(=O)C4C3CC3C(=O)N(c4ccc(F)c(Cl)c4)C(=O)C32C)ccc1O. The maximum atomic E-state index is 14.4. The molecule has 43 heavy (non-hydrogen) atoms. The van der Waals surface area contributed by atoms with Gasteiger partial charge < -0.3 is 5.11 Å². The van der Waals surface area contributed by atoms with Crippen LogP contribution in [-0.4, -0.2) is 33.6 Å². The van der Waals surface area contributed by atoms with E-state index in [1.54, 1.807) is 26.0 Å². The summed E-state index contributed by atoms with van der Waals surface area (Å²) in [5.41, 5.74) is 1.16. The molecule has 10 heteroatoms. The van der Waals surface area contributed by atoms with Crippen molar-refractivity contribution in [2.45, 2.75) is 39.2 Å². The molecule has 3 heterocycles. The van der Waals surface area contributed by atoms with Gasteiger partial charge in [-0.2, -0.15) is 0 Å². The van der Waals surface area contributed by atoms with Crippen LogP contribution >= 0.6 is 22.9 Å². The van der Waals surface area contributed by atoms with E-state index in [4.69, 9.17) is 11.6 Å². The number of anilines is 1. The van der Waals surface area contributed by atoms with E-state index in [1.165, 1.54) is 28.4 Å². The molecule has 2 saturated heterocycles. The van der Waals surface area contributed by atoms with E-state index in [0.717, 1.165) is 27.0 Å². The fourth-order valence-electron chi connectivity index (χ4n) is 7.90. The summed E-state index contributed by atoms with van der Waals surface area (Å²) >= 11 is 7.54. The average Bonchev–Trinajstić information content (AvgIpc) is 3.63. The fourth-order valence-corrected chi connectivity index (χ4v) is 8.77. The van der Waals surface area contributed by atoms with E-state index in [0.29, 0.717) is 12.0 Å². The highest BCUT2D eigenvalue weighted by Crippen LogP contribution is 2.63. The van der Waals surface area contributed by atoms with E-state index >= 15 is 0 Å².